The number of nitrogens with two attached hydrogens (primary N) is 1. The number of fused-ring (bicyclic) bond motifs is 1. The van der Waals surface area contributed by atoms with Gasteiger partial charge >= 0.3 is 0 Å². The molecule has 102 valence electrons. The lowest BCUT2D eigenvalue weighted by molar-refractivity contribution is -0.121. The van der Waals surface area contributed by atoms with Gasteiger partial charge in [0.2, 0.25) is 11.9 Å². The second-order valence-electron chi connectivity index (χ2n) is 4.74. The molecule has 0 saturated carbocycles. The minimum Gasteiger partial charge on any atom is -0.369 e. The van der Waals surface area contributed by atoms with E-state index in [2.05, 4.69) is 10.3 Å². The van der Waals surface area contributed by atoms with Gasteiger partial charge in [-0.25, -0.2) is 4.98 Å². The van der Waals surface area contributed by atoms with Crippen LogP contribution in [0.5, 0.6) is 0 Å². The van der Waals surface area contributed by atoms with E-state index in [4.69, 9.17) is 5.73 Å². The fraction of sp³-hybridized carbons (Fsp3) is 0.429. The molecule has 0 aliphatic carbocycles. The van der Waals surface area contributed by atoms with Crippen LogP contribution in [0, 0.1) is 0 Å². The fourth-order valence-electron chi connectivity index (χ4n) is 1.99. The van der Waals surface area contributed by atoms with Gasteiger partial charge in [0, 0.05) is 19.0 Å². The third-order valence-corrected chi connectivity index (χ3v) is 3.27. The third kappa shape index (κ3) is 3.05. The van der Waals surface area contributed by atoms with E-state index in [0.29, 0.717) is 18.9 Å². The van der Waals surface area contributed by atoms with E-state index in [1.165, 1.54) is 0 Å². The van der Waals surface area contributed by atoms with Crippen LogP contribution in [0.4, 0.5) is 5.95 Å². The molecule has 1 unspecified atom stereocenters. The van der Waals surface area contributed by atoms with E-state index >= 15 is 0 Å². The maximum Gasteiger partial charge on any atom is 0.222 e. The number of para-hydroxylation sites is 2. The minimum absolute atomic E-state index is 0.0477. The lowest BCUT2D eigenvalue weighted by Gasteiger charge is -2.12. The van der Waals surface area contributed by atoms with Crippen LogP contribution in [0.25, 0.3) is 11.0 Å². The van der Waals surface area contributed by atoms with Crippen molar-refractivity contribution in [3.63, 3.8) is 0 Å². The van der Waals surface area contributed by atoms with Crippen molar-refractivity contribution in [3.05, 3.63) is 24.3 Å². The predicted molar refractivity (Wildman–Crippen MR) is 76.7 cm³/mol. The summed E-state index contributed by atoms with van der Waals surface area (Å²) in [5.74, 6) is 0.504. The monoisotopic (exact) mass is 260 g/mol. The first kappa shape index (κ1) is 13.4. The van der Waals surface area contributed by atoms with Crippen molar-refractivity contribution in [2.75, 3.05) is 5.73 Å². The number of imidazole rings is 1. The molecule has 0 radical (unpaired) electrons. The Morgan fingerprint density at radius 3 is 2.95 bits per heavy atom. The molecule has 0 aliphatic rings. The molecule has 1 heterocycles. The Hall–Kier alpha value is -2.04. The van der Waals surface area contributed by atoms with Gasteiger partial charge < -0.3 is 15.6 Å². The predicted octanol–water partition coefficient (Wildman–Crippen LogP) is 1.92. The number of carbonyl (C=O) groups excluding carboxylic acids is 1. The number of nitrogen functional groups attached to an aromatic ring is 1. The molecule has 1 amide bonds. The van der Waals surface area contributed by atoms with Crippen LogP contribution in [0.2, 0.25) is 0 Å². The zero-order valence-electron chi connectivity index (χ0n) is 11.4. The van der Waals surface area contributed by atoms with Crippen LogP contribution in [0.15, 0.2) is 24.3 Å². The van der Waals surface area contributed by atoms with Gasteiger partial charge in [0.25, 0.3) is 0 Å². The van der Waals surface area contributed by atoms with Gasteiger partial charge in [-0.1, -0.05) is 19.1 Å². The molecule has 5 nitrogen and oxygen atoms in total. The van der Waals surface area contributed by atoms with Gasteiger partial charge in [-0.05, 0) is 25.5 Å². The first-order valence-corrected chi connectivity index (χ1v) is 6.62. The van der Waals surface area contributed by atoms with Gasteiger partial charge in [-0.15, -0.1) is 0 Å². The highest BCUT2D eigenvalue weighted by Gasteiger charge is 2.10. The number of aromatic nitrogens is 2. The topological polar surface area (TPSA) is 72.9 Å². The number of rotatable bonds is 5. The third-order valence-electron chi connectivity index (χ3n) is 3.27. The molecular weight excluding hydrogens is 240 g/mol. The van der Waals surface area contributed by atoms with Crippen LogP contribution in [0.1, 0.15) is 26.7 Å². The number of nitrogens with one attached hydrogen (secondary N) is 1. The van der Waals surface area contributed by atoms with Crippen molar-refractivity contribution in [1.29, 1.82) is 0 Å². The zero-order chi connectivity index (χ0) is 13.8. The molecule has 1 aromatic heterocycles. The first-order valence-electron chi connectivity index (χ1n) is 6.62. The van der Waals surface area contributed by atoms with Crippen molar-refractivity contribution >= 4 is 22.9 Å². The molecule has 0 bridgehead atoms. The molecule has 2 rings (SSSR count). The largest absolute Gasteiger partial charge is 0.369 e. The number of anilines is 1. The maximum absolute atomic E-state index is 11.8. The second kappa shape index (κ2) is 5.73. The Kier molecular flexibility index (Phi) is 4.04. The number of hydrogen-bond donors (Lipinski definition) is 2. The molecule has 0 fully saturated rings. The molecule has 0 saturated heterocycles. The van der Waals surface area contributed by atoms with Crippen LogP contribution < -0.4 is 11.1 Å². The average Bonchev–Trinajstić information content (AvgIpc) is 2.71. The highest BCUT2D eigenvalue weighted by atomic mass is 16.1. The smallest absolute Gasteiger partial charge is 0.222 e. The first-order chi connectivity index (χ1) is 9.11. The quantitative estimate of drug-likeness (QED) is 0.862. The lowest BCUT2D eigenvalue weighted by Crippen LogP contribution is -2.32. The molecule has 2 aromatic rings. The Labute approximate surface area is 112 Å². The lowest BCUT2D eigenvalue weighted by atomic mass is 10.2. The molecule has 1 atom stereocenters. The normalized spacial score (nSPS) is 12.5. The van der Waals surface area contributed by atoms with Gasteiger partial charge in [0.05, 0.1) is 11.0 Å². The van der Waals surface area contributed by atoms with Crippen LogP contribution in [-0.2, 0) is 11.3 Å². The van der Waals surface area contributed by atoms with E-state index in [-0.39, 0.29) is 11.9 Å². The molecule has 5 heteroatoms. The maximum atomic E-state index is 11.8. The number of hydrogen-bond acceptors (Lipinski definition) is 3. The Bertz CT molecular complexity index is 576. The van der Waals surface area contributed by atoms with Crippen molar-refractivity contribution in [3.8, 4) is 0 Å². The van der Waals surface area contributed by atoms with Crippen molar-refractivity contribution in [1.82, 2.24) is 14.9 Å². The van der Waals surface area contributed by atoms with Crippen LogP contribution in [0.3, 0.4) is 0 Å². The molecular formula is C14H20N4O. The molecule has 19 heavy (non-hydrogen) atoms. The summed E-state index contributed by atoms with van der Waals surface area (Å²) >= 11 is 0. The van der Waals surface area contributed by atoms with E-state index in [1.807, 2.05) is 42.7 Å². The van der Waals surface area contributed by atoms with E-state index in [9.17, 15) is 4.79 Å². The second-order valence-corrected chi connectivity index (χ2v) is 4.74. The summed E-state index contributed by atoms with van der Waals surface area (Å²) in [5, 5.41) is 2.95. The average molecular weight is 260 g/mol. The standard InChI is InChI=1S/C14H20N4O/c1-3-10(2)16-13(19)8-9-18-12-7-5-4-6-11(12)17-14(18)15/h4-7,10H,3,8-9H2,1-2H3,(H2,15,17)(H,16,19). The summed E-state index contributed by atoms with van der Waals surface area (Å²) in [4.78, 5) is 16.0. The highest BCUT2D eigenvalue weighted by Crippen LogP contribution is 2.17. The minimum atomic E-state index is 0.0477. The zero-order valence-corrected chi connectivity index (χ0v) is 11.4. The summed E-state index contributed by atoms with van der Waals surface area (Å²) < 4.78 is 1.88. The number of aryl methyl sites for hydroxylation is 1. The number of benzene rings is 1. The Balaban J connectivity index is 2.05. The van der Waals surface area contributed by atoms with Gasteiger partial charge in [-0.2, -0.15) is 0 Å². The van der Waals surface area contributed by atoms with Crippen molar-refractivity contribution in [2.24, 2.45) is 0 Å². The SMILES string of the molecule is CCC(C)NC(=O)CCn1c(N)nc2ccccc21. The van der Waals surface area contributed by atoms with Crippen LogP contribution >= 0.6 is 0 Å². The highest BCUT2D eigenvalue weighted by molar-refractivity contribution is 5.79. The Morgan fingerprint density at radius 2 is 2.21 bits per heavy atom. The summed E-state index contributed by atoms with van der Waals surface area (Å²) in [5.41, 5.74) is 7.72. The molecule has 0 aliphatic heterocycles. The van der Waals surface area contributed by atoms with Gasteiger partial charge in [0.1, 0.15) is 0 Å². The molecule has 1 aromatic carbocycles. The van der Waals surface area contributed by atoms with E-state index in [1.54, 1.807) is 0 Å². The number of amides is 1. The van der Waals surface area contributed by atoms with Crippen molar-refractivity contribution < 1.29 is 4.79 Å². The summed E-state index contributed by atoms with van der Waals surface area (Å²) in [7, 11) is 0. The van der Waals surface area contributed by atoms with E-state index < -0.39 is 0 Å². The summed E-state index contributed by atoms with van der Waals surface area (Å²) in [6, 6.07) is 7.96. The van der Waals surface area contributed by atoms with Crippen molar-refractivity contribution in [2.45, 2.75) is 39.3 Å². The summed E-state index contributed by atoms with van der Waals surface area (Å²) in [6.45, 7) is 4.60. The van der Waals surface area contributed by atoms with E-state index in [0.717, 1.165) is 17.5 Å². The fourth-order valence-corrected chi connectivity index (χ4v) is 1.99. The Morgan fingerprint density at radius 1 is 1.47 bits per heavy atom. The number of carbonyl (C=O) groups is 1. The molecule has 3 N–H and O–H groups in total. The number of nitrogens with zero attached hydrogens (tertiary/aromatic N) is 2. The van der Waals surface area contributed by atoms with Crippen LogP contribution in [-0.4, -0.2) is 21.5 Å². The molecule has 0 spiro atoms. The summed E-state index contributed by atoms with van der Waals surface area (Å²) in [6.07, 6.45) is 1.34. The van der Waals surface area contributed by atoms with Gasteiger partial charge in [0.15, 0.2) is 0 Å². The van der Waals surface area contributed by atoms with Gasteiger partial charge in [-0.3, -0.25) is 4.79 Å².